The minimum atomic E-state index is -2.30. The third-order valence-corrected chi connectivity index (χ3v) is 16.3. The average molecular weight is 661 g/mol. The fraction of sp³-hybridized carbons (Fsp3) is 0.541. The number of fused-ring (bicyclic) bond motifs is 5. The molecule has 0 radical (unpaired) electrons. The van der Waals surface area contributed by atoms with E-state index in [0.29, 0.717) is 60.5 Å². The first-order valence-corrected chi connectivity index (χ1v) is 20.0. The van der Waals surface area contributed by atoms with Crippen molar-refractivity contribution >= 4 is 41.7 Å². The van der Waals surface area contributed by atoms with Crippen molar-refractivity contribution in [2.75, 3.05) is 6.61 Å². The molecule has 1 atom stereocenters. The number of pyridine rings is 2. The van der Waals surface area contributed by atoms with E-state index in [0.717, 1.165) is 47.3 Å². The summed E-state index contributed by atoms with van der Waals surface area (Å²) >= 11 is 0. The van der Waals surface area contributed by atoms with Crippen molar-refractivity contribution in [1.82, 2.24) is 9.55 Å². The van der Waals surface area contributed by atoms with E-state index < -0.39 is 20.3 Å². The van der Waals surface area contributed by atoms with Crippen molar-refractivity contribution in [3.63, 3.8) is 0 Å². The van der Waals surface area contributed by atoms with Crippen molar-refractivity contribution < 1.29 is 29.3 Å². The highest BCUT2D eigenvalue weighted by molar-refractivity contribution is 6.94. The molecule has 2 N–H and O–H groups in total. The number of unbranched alkanes of at least 4 members (excludes halogenated alkanes) is 4. The van der Waals surface area contributed by atoms with Crippen molar-refractivity contribution in [2.24, 2.45) is 0 Å². The van der Waals surface area contributed by atoms with E-state index in [1.807, 2.05) is 12.1 Å². The summed E-state index contributed by atoms with van der Waals surface area (Å²) in [6.45, 7) is 12.9. The summed E-state index contributed by atoms with van der Waals surface area (Å²) in [5.41, 5.74) is 1.95. The van der Waals surface area contributed by atoms with E-state index in [1.54, 1.807) is 17.6 Å². The number of hydrogen-bond donors (Lipinski definition) is 2. The Labute approximate surface area is 277 Å². The molecule has 47 heavy (non-hydrogen) atoms. The monoisotopic (exact) mass is 660 g/mol. The molecule has 0 saturated heterocycles. The Morgan fingerprint density at radius 1 is 1.02 bits per heavy atom. The predicted octanol–water partition coefficient (Wildman–Crippen LogP) is 5.45. The lowest BCUT2D eigenvalue weighted by atomic mass is 9.77. The van der Waals surface area contributed by atoms with Gasteiger partial charge >= 0.3 is 5.97 Å². The molecule has 3 heterocycles. The number of carbonyl (C=O) groups excluding carboxylic acids is 3. The van der Waals surface area contributed by atoms with E-state index in [4.69, 9.17) is 14.8 Å². The molecule has 1 aliphatic carbocycles. The smallest absolute Gasteiger partial charge is 0.311 e. The molecule has 0 bridgehead atoms. The average Bonchev–Trinajstić information content (AvgIpc) is 3.38. The van der Waals surface area contributed by atoms with E-state index in [9.17, 15) is 24.3 Å². The number of carbonyl (C=O) groups is 3. The summed E-state index contributed by atoms with van der Waals surface area (Å²) in [5, 5.41) is 22.1. The van der Waals surface area contributed by atoms with Gasteiger partial charge in [-0.15, -0.1) is 0 Å². The number of ketones is 2. The van der Waals surface area contributed by atoms with Crippen LogP contribution in [0.1, 0.15) is 102 Å². The molecule has 10 heteroatoms. The van der Waals surface area contributed by atoms with Gasteiger partial charge in [0.1, 0.15) is 18.0 Å². The van der Waals surface area contributed by atoms with E-state index in [-0.39, 0.29) is 41.0 Å². The number of ether oxygens (including phenoxy) is 1. The lowest BCUT2D eigenvalue weighted by Crippen LogP contribution is -2.50. The molecule has 3 aromatic rings. The van der Waals surface area contributed by atoms with Crippen LogP contribution in [-0.2, 0) is 33.0 Å². The number of aliphatic hydroxyl groups excluding tert-OH is 1. The van der Waals surface area contributed by atoms with Gasteiger partial charge < -0.3 is 19.5 Å². The highest BCUT2D eigenvalue weighted by Gasteiger charge is 2.44. The van der Waals surface area contributed by atoms with Crippen LogP contribution < -0.4 is 15.5 Å². The maximum absolute atomic E-state index is 13.7. The maximum atomic E-state index is 13.7. The SMILES string of the molecule is CC[C@@]1(O)C(=O)CCc2c1cc1n(c2=O)Cc2cc3c([Si](C)(C)C(C)(C)C)c(OC(=O)CCCCCCCC(=O)CO)ccc3nc2-1. The van der Waals surface area contributed by atoms with Crippen LogP contribution in [0.3, 0.4) is 0 Å². The van der Waals surface area contributed by atoms with E-state index in [2.05, 4.69) is 39.9 Å². The summed E-state index contributed by atoms with van der Waals surface area (Å²) in [7, 11) is -2.30. The Morgan fingerprint density at radius 3 is 2.36 bits per heavy atom. The van der Waals surface area contributed by atoms with E-state index >= 15 is 0 Å². The summed E-state index contributed by atoms with van der Waals surface area (Å²) in [5.74, 6) is -0.111. The quantitative estimate of drug-likeness (QED) is 0.0887. The first kappa shape index (κ1) is 34.9. The second-order valence-corrected chi connectivity index (χ2v) is 20.0. The van der Waals surface area contributed by atoms with Crippen molar-refractivity contribution in [3.8, 4) is 17.1 Å². The molecular formula is C37H48N2O7Si. The van der Waals surface area contributed by atoms with Crippen LogP contribution >= 0.6 is 0 Å². The Morgan fingerprint density at radius 2 is 1.70 bits per heavy atom. The second-order valence-electron chi connectivity index (χ2n) is 14.8. The van der Waals surface area contributed by atoms with E-state index in [1.165, 1.54) is 0 Å². The standard InChI is InChI=1S/C37H48N2O7Si/c1-7-37(45)27-20-29-33-23(21-39(29)35(44)25(27)15-18-31(37)42)19-26-28(38-33)16-17-30(34(26)47(5,6)36(2,3)4)46-32(43)14-12-10-8-9-11-13-24(41)22-40/h16-17,19-20,40,45H,7-15,18,21-22H2,1-6H3/t37-/m0/s1. The Hall–Kier alpha value is -3.47. The second kappa shape index (κ2) is 13.2. The molecule has 5 rings (SSSR count). The van der Waals surface area contributed by atoms with Crippen LogP contribution in [0.5, 0.6) is 5.75 Å². The minimum absolute atomic E-state index is 0.0744. The first-order valence-electron chi connectivity index (χ1n) is 17.0. The van der Waals surface area contributed by atoms with Gasteiger partial charge in [0, 0.05) is 41.3 Å². The van der Waals surface area contributed by atoms with Crippen LogP contribution in [0, 0.1) is 0 Å². The van der Waals surface area contributed by atoms with Gasteiger partial charge in [-0.1, -0.05) is 60.1 Å². The fourth-order valence-electron chi connectivity index (χ4n) is 6.90. The van der Waals surface area contributed by atoms with Crippen LogP contribution in [-0.4, -0.2) is 52.0 Å². The van der Waals surface area contributed by atoms with Crippen molar-refractivity contribution in [1.29, 1.82) is 0 Å². The summed E-state index contributed by atoms with van der Waals surface area (Å²) in [6, 6.07) is 7.60. The number of nitrogens with zero attached hydrogens (tertiary/aromatic N) is 2. The third kappa shape index (κ3) is 6.39. The van der Waals surface area contributed by atoms with Crippen LogP contribution in [0.15, 0.2) is 29.1 Å². The number of esters is 1. The molecule has 0 fully saturated rings. The summed E-state index contributed by atoms with van der Waals surface area (Å²) in [4.78, 5) is 56.0. The first-order chi connectivity index (χ1) is 22.1. The third-order valence-electron chi connectivity index (χ3n) is 10.8. The molecular weight excluding hydrogens is 613 g/mol. The van der Waals surface area contributed by atoms with Crippen molar-refractivity contribution in [3.05, 3.63) is 51.3 Å². The zero-order valence-corrected chi connectivity index (χ0v) is 29.6. The molecule has 0 saturated carbocycles. The van der Waals surface area contributed by atoms with Gasteiger partial charge in [-0.2, -0.15) is 0 Å². The largest absolute Gasteiger partial charge is 0.427 e. The van der Waals surface area contributed by atoms with Gasteiger partial charge in [-0.3, -0.25) is 19.2 Å². The van der Waals surface area contributed by atoms with Gasteiger partial charge in [0.2, 0.25) is 0 Å². The zero-order valence-electron chi connectivity index (χ0n) is 28.6. The summed E-state index contributed by atoms with van der Waals surface area (Å²) in [6.07, 6.45) is 5.44. The molecule has 2 aliphatic rings. The topological polar surface area (TPSA) is 136 Å². The Balaban J connectivity index is 1.47. The number of aromatic nitrogens is 2. The van der Waals surface area contributed by atoms with Crippen molar-refractivity contribution in [2.45, 2.75) is 122 Å². The van der Waals surface area contributed by atoms with Crippen LogP contribution in [0.25, 0.3) is 22.3 Å². The normalized spacial score (nSPS) is 17.4. The molecule has 0 amide bonds. The lowest BCUT2D eigenvalue weighted by molar-refractivity contribution is -0.140. The van der Waals surface area contributed by atoms with Crippen LogP contribution in [0.2, 0.25) is 18.1 Å². The van der Waals surface area contributed by atoms with Gasteiger partial charge in [0.05, 0.1) is 31.5 Å². The van der Waals surface area contributed by atoms with Crippen LogP contribution in [0.4, 0.5) is 0 Å². The molecule has 252 valence electrons. The molecule has 1 aromatic carbocycles. The molecule has 1 aliphatic heterocycles. The number of Topliss-reactive ketones (excluding diaryl/α,β-unsaturated/α-hetero) is 2. The van der Waals surface area contributed by atoms with Gasteiger partial charge in [-0.25, -0.2) is 4.98 Å². The molecule has 0 unspecified atom stereocenters. The molecule has 2 aromatic heterocycles. The van der Waals surface area contributed by atoms with Gasteiger partial charge in [0.25, 0.3) is 5.56 Å². The minimum Gasteiger partial charge on any atom is -0.427 e. The zero-order chi connectivity index (χ0) is 34.3. The Kier molecular flexibility index (Phi) is 9.79. The molecule has 9 nitrogen and oxygen atoms in total. The molecule has 0 spiro atoms. The summed E-state index contributed by atoms with van der Waals surface area (Å²) < 4.78 is 7.81. The number of hydrogen-bond acceptors (Lipinski definition) is 8. The maximum Gasteiger partial charge on any atom is 0.311 e. The highest BCUT2D eigenvalue weighted by atomic mass is 28.3. The number of benzene rings is 1. The van der Waals surface area contributed by atoms with Gasteiger partial charge in [0.15, 0.2) is 11.6 Å². The predicted molar refractivity (Wildman–Crippen MR) is 185 cm³/mol. The lowest BCUT2D eigenvalue weighted by Gasteiger charge is -2.38. The number of rotatable bonds is 12. The fourth-order valence-corrected chi connectivity index (χ4v) is 9.27. The Bertz CT molecular complexity index is 1800. The van der Waals surface area contributed by atoms with Gasteiger partial charge in [-0.05, 0) is 60.2 Å². The number of aliphatic hydroxyl groups is 2. The highest BCUT2D eigenvalue weighted by Crippen LogP contribution is 2.42.